The molecule has 108 valence electrons. The van der Waals surface area contributed by atoms with E-state index in [9.17, 15) is 13.2 Å². The van der Waals surface area contributed by atoms with Crippen molar-refractivity contribution in [2.75, 3.05) is 11.1 Å². The number of anilines is 3. The minimum absolute atomic E-state index is 0.100. The molecule has 5 nitrogen and oxygen atoms in total. The molecule has 0 saturated carbocycles. The van der Waals surface area contributed by atoms with Crippen LogP contribution in [0.2, 0.25) is 0 Å². The second-order valence-electron chi connectivity index (χ2n) is 4.54. The summed E-state index contributed by atoms with van der Waals surface area (Å²) in [7, 11) is 0. The highest BCUT2D eigenvalue weighted by molar-refractivity contribution is 5.87. The molecule has 21 heavy (non-hydrogen) atoms. The third kappa shape index (κ3) is 2.24. The molecule has 1 aromatic carbocycles. The van der Waals surface area contributed by atoms with Crippen molar-refractivity contribution in [3.05, 3.63) is 41.2 Å². The third-order valence-corrected chi connectivity index (χ3v) is 3.00. The molecule has 0 aliphatic heterocycles. The number of pyridine rings is 1. The van der Waals surface area contributed by atoms with Crippen LogP contribution >= 0.6 is 0 Å². The maximum Gasteiger partial charge on any atom is 0.185 e. The largest absolute Gasteiger partial charge is 0.384 e. The zero-order chi connectivity index (χ0) is 15.1. The van der Waals surface area contributed by atoms with Crippen molar-refractivity contribution in [3.8, 4) is 0 Å². The van der Waals surface area contributed by atoms with Gasteiger partial charge in [0.1, 0.15) is 5.82 Å². The number of aromatic amines is 1. The van der Waals surface area contributed by atoms with E-state index in [1.807, 2.05) is 0 Å². The SMILES string of the molecule is Cc1cc(Nc2nc3n[nH]c(N)c3cc2F)cc(F)c1F. The number of rotatable bonds is 2. The molecule has 0 radical (unpaired) electrons. The van der Waals surface area contributed by atoms with Crippen LogP contribution in [0.3, 0.4) is 0 Å². The number of aryl methyl sites for hydroxylation is 1. The molecule has 0 atom stereocenters. The Bertz CT molecular complexity index is 820. The Morgan fingerprint density at radius 1 is 1.14 bits per heavy atom. The molecule has 0 aliphatic carbocycles. The lowest BCUT2D eigenvalue weighted by Crippen LogP contribution is -2.00. The highest BCUT2D eigenvalue weighted by atomic mass is 19.2. The molecule has 3 aromatic rings. The van der Waals surface area contributed by atoms with Crippen LogP contribution < -0.4 is 11.1 Å². The van der Waals surface area contributed by atoms with E-state index in [0.29, 0.717) is 5.39 Å². The molecule has 4 N–H and O–H groups in total. The van der Waals surface area contributed by atoms with Gasteiger partial charge in [0.25, 0.3) is 0 Å². The number of nitrogens with zero attached hydrogens (tertiary/aromatic N) is 2. The van der Waals surface area contributed by atoms with Crippen molar-refractivity contribution in [2.24, 2.45) is 0 Å². The fourth-order valence-electron chi connectivity index (χ4n) is 1.96. The summed E-state index contributed by atoms with van der Waals surface area (Å²) in [5.74, 6) is -2.60. The van der Waals surface area contributed by atoms with E-state index < -0.39 is 17.5 Å². The van der Waals surface area contributed by atoms with Crippen LogP contribution in [0.1, 0.15) is 5.56 Å². The first-order chi connectivity index (χ1) is 9.95. The molecule has 2 aromatic heterocycles. The number of hydrogen-bond donors (Lipinski definition) is 3. The summed E-state index contributed by atoms with van der Waals surface area (Å²) >= 11 is 0. The van der Waals surface area contributed by atoms with Crippen LogP contribution in [0.15, 0.2) is 18.2 Å². The van der Waals surface area contributed by atoms with Crippen molar-refractivity contribution in [2.45, 2.75) is 6.92 Å². The summed E-state index contributed by atoms with van der Waals surface area (Å²) in [4.78, 5) is 3.95. The van der Waals surface area contributed by atoms with Crippen molar-refractivity contribution in [1.29, 1.82) is 0 Å². The maximum atomic E-state index is 14.0. The highest BCUT2D eigenvalue weighted by Crippen LogP contribution is 2.25. The Labute approximate surface area is 117 Å². The van der Waals surface area contributed by atoms with E-state index >= 15 is 0 Å². The number of aromatic nitrogens is 3. The van der Waals surface area contributed by atoms with Gasteiger partial charge >= 0.3 is 0 Å². The molecule has 0 spiro atoms. The highest BCUT2D eigenvalue weighted by Gasteiger charge is 2.13. The summed E-state index contributed by atoms with van der Waals surface area (Å²) in [6.07, 6.45) is 0. The first kappa shape index (κ1) is 13.2. The second kappa shape index (κ2) is 4.65. The van der Waals surface area contributed by atoms with Gasteiger partial charge < -0.3 is 11.1 Å². The molecular weight excluding hydrogens is 283 g/mol. The zero-order valence-electron chi connectivity index (χ0n) is 10.8. The van der Waals surface area contributed by atoms with E-state index in [4.69, 9.17) is 5.73 Å². The Morgan fingerprint density at radius 3 is 2.62 bits per heavy atom. The maximum absolute atomic E-state index is 14.0. The van der Waals surface area contributed by atoms with Crippen LogP contribution in [-0.2, 0) is 0 Å². The smallest absolute Gasteiger partial charge is 0.185 e. The summed E-state index contributed by atoms with van der Waals surface area (Å²) < 4.78 is 40.5. The fourth-order valence-corrected chi connectivity index (χ4v) is 1.96. The summed E-state index contributed by atoms with van der Waals surface area (Å²) in [6.45, 7) is 1.41. The van der Waals surface area contributed by atoms with Crippen molar-refractivity contribution < 1.29 is 13.2 Å². The molecule has 0 amide bonds. The second-order valence-corrected chi connectivity index (χ2v) is 4.54. The van der Waals surface area contributed by atoms with Crippen LogP contribution in [0, 0.1) is 24.4 Å². The predicted octanol–water partition coefficient (Wildman–Crippen LogP) is 3.01. The number of benzene rings is 1. The molecule has 3 rings (SSSR count). The molecule has 0 bridgehead atoms. The van der Waals surface area contributed by atoms with E-state index in [0.717, 1.165) is 12.1 Å². The lowest BCUT2D eigenvalue weighted by molar-refractivity contribution is 0.503. The average molecular weight is 293 g/mol. The minimum Gasteiger partial charge on any atom is -0.384 e. The van der Waals surface area contributed by atoms with Gasteiger partial charge in [-0.25, -0.2) is 18.2 Å². The Hall–Kier alpha value is -2.77. The standard InChI is InChI=1S/C13H10F3N5/c1-5-2-6(3-8(14)10(5)16)18-13-9(15)4-7-11(17)20-21-12(7)19-13/h2-4H,1H3,(H4,17,18,19,20,21). The number of hydrogen-bond acceptors (Lipinski definition) is 4. The molecular formula is C13H10F3N5. The third-order valence-electron chi connectivity index (χ3n) is 3.00. The monoisotopic (exact) mass is 293 g/mol. The normalized spacial score (nSPS) is 11.0. The number of halogens is 3. The average Bonchev–Trinajstić information content (AvgIpc) is 2.78. The molecule has 8 heteroatoms. The molecule has 0 saturated heterocycles. The van der Waals surface area contributed by atoms with E-state index in [1.54, 1.807) is 0 Å². The van der Waals surface area contributed by atoms with Gasteiger partial charge in [-0.1, -0.05) is 0 Å². The van der Waals surface area contributed by atoms with E-state index in [2.05, 4.69) is 20.5 Å². The number of nitrogen functional groups attached to an aromatic ring is 1. The number of nitrogens with one attached hydrogen (secondary N) is 2. The van der Waals surface area contributed by atoms with Crippen molar-refractivity contribution >= 4 is 28.4 Å². The topological polar surface area (TPSA) is 79.6 Å². The molecule has 0 unspecified atom stereocenters. The summed E-state index contributed by atoms with van der Waals surface area (Å²) in [6, 6.07) is 3.44. The molecule has 2 heterocycles. The van der Waals surface area contributed by atoms with Crippen LogP contribution in [-0.4, -0.2) is 15.2 Å². The van der Waals surface area contributed by atoms with E-state index in [1.165, 1.54) is 13.0 Å². The van der Waals surface area contributed by atoms with Gasteiger partial charge in [0.2, 0.25) is 0 Å². The predicted molar refractivity (Wildman–Crippen MR) is 72.6 cm³/mol. The van der Waals surface area contributed by atoms with Gasteiger partial charge in [-0.3, -0.25) is 5.10 Å². The quantitative estimate of drug-likeness (QED) is 0.678. The Balaban J connectivity index is 2.03. The van der Waals surface area contributed by atoms with Crippen LogP contribution in [0.5, 0.6) is 0 Å². The van der Waals surface area contributed by atoms with Gasteiger partial charge in [0, 0.05) is 11.8 Å². The fraction of sp³-hybridized carbons (Fsp3) is 0.0769. The number of H-pyrrole nitrogens is 1. The minimum atomic E-state index is -1.02. The Kier molecular flexibility index (Phi) is 2.93. The first-order valence-corrected chi connectivity index (χ1v) is 5.98. The zero-order valence-corrected chi connectivity index (χ0v) is 10.8. The van der Waals surface area contributed by atoms with Crippen molar-refractivity contribution in [3.63, 3.8) is 0 Å². The molecule has 0 fully saturated rings. The Morgan fingerprint density at radius 2 is 1.90 bits per heavy atom. The first-order valence-electron chi connectivity index (χ1n) is 5.98. The van der Waals surface area contributed by atoms with Gasteiger partial charge in [-0.15, -0.1) is 0 Å². The summed E-state index contributed by atoms with van der Waals surface area (Å²) in [5, 5.41) is 9.23. The lowest BCUT2D eigenvalue weighted by Gasteiger charge is -2.08. The summed E-state index contributed by atoms with van der Waals surface area (Å²) in [5.41, 5.74) is 6.07. The van der Waals surface area contributed by atoms with Crippen LogP contribution in [0.25, 0.3) is 11.0 Å². The molecule has 0 aliphatic rings. The van der Waals surface area contributed by atoms with Gasteiger partial charge in [0.05, 0.1) is 5.39 Å². The van der Waals surface area contributed by atoms with Crippen LogP contribution in [0.4, 0.5) is 30.5 Å². The van der Waals surface area contributed by atoms with E-state index in [-0.39, 0.29) is 28.5 Å². The van der Waals surface area contributed by atoms with Gasteiger partial charge in [0.15, 0.2) is 28.9 Å². The van der Waals surface area contributed by atoms with Crippen molar-refractivity contribution in [1.82, 2.24) is 15.2 Å². The van der Waals surface area contributed by atoms with Gasteiger partial charge in [-0.05, 0) is 24.6 Å². The number of nitrogens with two attached hydrogens (primary N) is 1. The van der Waals surface area contributed by atoms with Gasteiger partial charge in [-0.2, -0.15) is 5.10 Å². The number of fused-ring (bicyclic) bond motifs is 1. The lowest BCUT2D eigenvalue weighted by atomic mass is 10.2.